The highest BCUT2D eigenvalue weighted by molar-refractivity contribution is 5.94. The summed E-state index contributed by atoms with van der Waals surface area (Å²) in [6, 6.07) is 7.39. The van der Waals surface area contributed by atoms with Crippen LogP contribution in [0, 0.1) is 5.92 Å². The van der Waals surface area contributed by atoms with Crippen molar-refractivity contribution in [3.8, 4) is 11.4 Å². The van der Waals surface area contributed by atoms with Crippen molar-refractivity contribution in [2.24, 2.45) is 13.0 Å². The normalized spacial score (nSPS) is 15.7. The van der Waals surface area contributed by atoms with Gasteiger partial charge in [0.2, 0.25) is 0 Å². The molecule has 0 unspecified atom stereocenters. The third-order valence-electron chi connectivity index (χ3n) is 4.30. The molecule has 1 heterocycles. The van der Waals surface area contributed by atoms with E-state index in [9.17, 15) is 4.79 Å². The molecule has 6 heteroatoms. The van der Waals surface area contributed by atoms with Gasteiger partial charge in [-0.05, 0) is 41.3 Å². The molecule has 1 aliphatic carbocycles. The van der Waals surface area contributed by atoms with Gasteiger partial charge in [0.25, 0.3) is 5.91 Å². The summed E-state index contributed by atoms with van der Waals surface area (Å²) in [6.07, 6.45) is 6.39. The van der Waals surface area contributed by atoms with Gasteiger partial charge < -0.3 is 5.32 Å². The van der Waals surface area contributed by atoms with Crippen molar-refractivity contribution in [3.63, 3.8) is 0 Å². The van der Waals surface area contributed by atoms with Crippen LogP contribution < -0.4 is 5.32 Å². The standard InChI is InChI=1S/C16H21N5O/c1-21-15(18-19-20-21)13-7-9-14(10-8-13)16(22)17-11-12-5-3-2-4-6-12/h7-10,12H,2-6,11H2,1H3,(H,17,22). The van der Waals surface area contributed by atoms with E-state index in [1.807, 2.05) is 24.3 Å². The Balaban J connectivity index is 1.60. The highest BCUT2D eigenvalue weighted by Crippen LogP contribution is 2.23. The summed E-state index contributed by atoms with van der Waals surface area (Å²) < 4.78 is 1.61. The smallest absolute Gasteiger partial charge is 0.251 e. The molecule has 0 aliphatic heterocycles. The van der Waals surface area contributed by atoms with E-state index in [1.54, 1.807) is 11.7 Å². The summed E-state index contributed by atoms with van der Waals surface area (Å²) in [5.41, 5.74) is 1.58. The number of aromatic nitrogens is 4. The lowest BCUT2D eigenvalue weighted by Gasteiger charge is -2.21. The fraction of sp³-hybridized carbons (Fsp3) is 0.500. The first-order chi connectivity index (χ1) is 10.7. The minimum Gasteiger partial charge on any atom is -0.352 e. The Morgan fingerprint density at radius 1 is 1.23 bits per heavy atom. The van der Waals surface area contributed by atoms with E-state index in [4.69, 9.17) is 0 Å². The van der Waals surface area contributed by atoms with E-state index in [2.05, 4.69) is 20.8 Å². The van der Waals surface area contributed by atoms with Crippen LogP contribution in [-0.2, 0) is 7.05 Å². The van der Waals surface area contributed by atoms with Crippen LogP contribution in [0.1, 0.15) is 42.5 Å². The van der Waals surface area contributed by atoms with Crippen LogP contribution in [0.25, 0.3) is 11.4 Å². The monoisotopic (exact) mass is 299 g/mol. The van der Waals surface area contributed by atoms with E-state index in [0.717, 1.165) is 12.1 Å². The summed E-state index contributed by atoms with van der Waals surface area (Å²) in [4.78, 5) is 12.2. The Morgan fingerprint density at radius 3 is 2.59 bits per heavy atom. The number of hydrogen-bond donors (Lipinski definition) is 1. The summed E-state index contributed by atoms with van der Waals surface area (Å²) >= 11 is 0. The van der Waals surface area contributed by atoms with Crippen LogP contribution in [0.4, 0.5) is 0 Å². The molecule has 1 saturated carbocycles. The van der Waals surface area contributed by atoms with Crippen LogP contribution in [0.2, 0.25) is 0 Å². The van der Waals surface area contributed by atoms with Crippen molar-refractivity contribution in [1.29, 1.82) is 0 Å². The molecule has 0 atom stereocenters. The van der Waals surface area contributed by atoms with Crippen molar-refractivity contribution in [2.45, 2.75) is 32.1 Å². The molecule has 0 radical (unpaired) electrons. The molecule has 0 spiro atoms. The molecule has 1 aromatic carbocycles. The van der Waals surface area contributed by atoms with Gasteiger partial charge >= 0.3 is 0 Å². The third-order valence-corrected chi connectivity index (χ3v) is 4.30. The number of aryl methyl sites for hydroxylation is 1. The molecular weight excluding hydrogens is 278 g/mol. The molecule has 22 heavy (non-hydrogen) atoms. The van der Waals surface area contributed by atoms with Crippen molar-refractivity contribution in [2.75, 3.05) is 6.54 Å². The molecule has 1 N–H and O–H groups in total. The quantitative estimate of drug-likeness (QED) is 0.939. The number of carbonyl (C=O) groups is 1. The summed E-state index contributed by atoms with van der Waals surface area (Å²) in [7, 11) is 1.79. The van der Waals surface area contributed by atoms with Gasteiger partial charge in [-0.1, -0.05) is 31.4 Å². The highest BCUT2D eigenvalue weighted by Gasteiger charge is 2.15. The van der Waals surface area contributed by atoms with Crippen molar-refractivity contribution < 1.29 is 4.79 Å². The minimum atomic E-state index is -0.00628. The van der Waals surface area contributed by atoms with Crippen molar-refractivity contribution in [3.05, 3.63) is 29.8 Å². The van der Waals surface area contributed by atoms with Crippen molar-refractivity contribution >= 4 is 5.91 Å². The maximum absolute atomic E-state index is 12.2. The first-order valence-corrected chi connectivity index (χ1v) is 7.85. The number of rotatable bonds is 4. The second-order valence-electron chi connectivity index (χ2n) is 5.92. The molecule has 1 fully saturated rings. The van der Waals surface area contributed by atoms with E-state index in [-0.39, 0.29) is 5.91 Å². The molecule has 2 aromatic rings. The summed E-state index contributed by atoms with van der Waals surface area (Å²) in [6.45, 7) is 0.786. The predicted molar refractivity (Wildman–Crippen MR) is 83.1 cm³/mol. The predicted octanol–water partition coefficient (Wildman–Crippen LogP) is 2.19. The van der Waals surface area contributed by atoms with Crippen molar-refractivity contribution in [1.82, 2.24) is 25.5 Å². The zero-order chi connectivity index (χ0) is 15.4. The Kier molecular flexibility index (Phi) is 4.46. The number of hydrogen-bond acceptors (Lipinski definition) is 4. The Labute approximate surface area is 129 Å². The fourth-order valence-corrected chi connectivity index (χ4v) is 2.98. The lowest BCUT2D eigenvalue weighted by molar-refractivity contribution is 0.0943. The highest BCUT2D eigenvalue weighted by atomic mass is 16.1. The largest absolute Gasteiger partial charge is 0.352 e. The topological polar surface area (TPSA) is 72.7 Å². The van der Waals surface area contributed by atoms with Gasteiger partial charge in [-0.3, -0.25) is 4.79 Å². The molecule has 1 amide bonds. The zero-order valence-corrected chi connectivity index (χ0v) is 12.8. The lowest BCUT2D eigenvalue weighted by atomic mass is 9.89. The molecular formula is C16H21N5O. The summed E-state index contributed by atoms with van der Waals surface area (Å²) in [5.74, 6) is 1.32. The SMILES string of the molecule is Cn1nnnc1-c1ccc(C(=O)NCC2CCCCC2)cc1. The molecule has 6 nitrogen and oxygen atoms in total. The number of nitrogens with zero attached hydrogens (tertiary/aromatic N) is 4. The Bertz CT molecular complexity index is 628. The number of carbonyl (C=O) groups excluding carboxylic acids is 1. The van der Waals surface area contributed by atoms with E-state index in [0.29, 0.717) is 17.3 Å². The minimum absolute atomic E-state index is 0.00628. The third kappa shape index (κ3) is 3.32. The molecule has 116 valence electrons. The van der Waals surface area contributed by atoms with Crippen LogP contribution >= 0.6 is 0 Å². The Morgan fingerprint density at radius 2 is 1.95 bits per heavy atom. The number of benzene rings is 1. The number of amides is 1. The lowest BCUT2D eigenvalue weighted by Crippen LogP contribution is -2.30. The Hall–Kier alpha value is -2.24. The summed E-state index contributed by atoms with van der Waals surface area (Å²) in [5, 5.41) is 14.4. The van der Waals surface area contributed by atoms with Crippen LogP contribution in [-0.4, -0.2) is 32.7 Å². The molecule has 0 bridgehead atoms. The maximum atomic E-state index is 12.2. The first-order valence-electron chi connectivity index (χ1n) is 7.85. The van der Waals surface area contributed by atoms with Gasteiger partial charge in [-0.2, -0.15) is 0 Å². The van der Waals surface area contributed by atoms with E-state index in [1.165, 1.54) is 32.1 Å². The molecule has 1 aliphatic rings. The van der Waals surface area contributed by atoms with Gasteiger partial charge in [0.1, 0.15) is 0 Å². The van der Waals surface area contributed by atoms with E-state index < -0.39 is 0 Å². The van der Waals surface area contributed by atoms with Crippen LogP contribution in [0.3, 0.4) is 0 Å². The van der Waals surface area contributed by atoms with Crippen LogP contribution in [0.5, 0.6) is 0 Å². The van der Waals surface area contributed by atoms with E-state index >= 15 is 0 Å². The van der Waals surface area contributed by atoms with Gasteiger partial charge in [-0.15, -0.1) is 5.10 Å². The molecule has 1 aromatic heterocycles. The second-order valence-corrected chi connectivity index (χ2v) is 5.92. The van der Waals surface area contributed by atoms with Gasteiger partial charge in [-0.25, -0.2) is 4.68 Å². The average molecular weight is 299 g/mol. The maximum Gasteiger partial charge on any atom is 0.251 e. The van der Waals surface area contributed by atoms with Crippen LogP contribution in [0.15, 0.2) is 24.3 Å². The number of tetrazole rings is 1. The van der Waals surface area contributed by atoms with Gasteiger partial charge in [0.15, 0.2) is 5.82 Å². The first kappa shape index (κ1) is 14.7. The van der Waals surface area contributed by atoms with Gasteiger partial charge in [0, 0.05) is 24.7 Å². The molecule has 0 saturated heterocycles. The average Bonchev–Trinajstić information content (AvgIpc) is 3.00. The van der Waals surface area contributed by atoms with Gasteiger partial charge in [0.05, 0.1) is 0 Å². The molecule has 3 rings (SSSR count). The fourth-order valence-electron chi connectivity index (χ4n) is 2.98. The second kappa shape index (κ2) is 6.68. The number of nitrogens with one attached hydrogen (secondary N) is 1. The zero-order valence-electron chi connectivity index (χ0n) is 12.8.